The lowest BCUT2D eigenvalue weighted by Gasteiger charge is -2.29. The fourth-order valence-electron chi connectivity index (χ4n) is 2.23. The Balaban J connectivity index is 3.02. The van der Waals surface area contributed by atoms with Crippen LogP contribution >= 0.6 is 0 Å². The molecule has 4 nitrogen and oxygen atoms in total. The minimum Gasteiger partial charge on any atom is -0.360 e. The number of sulfone groups is 1. The van der Waals surface area contributed by atoms with Gasteiger partial charge in [-0.2, -0.15) is 0 Å². The molecule has 17 heavy (non-hydrogen) atoms. The van der Waals surface area contributed by atoms with Crippen LogP contribution in [0, 0.1) is 6.92 Å². The van der Waals surface area contributed by atoms with Gasteiger partial charge in [-0.25, -0.2) is 8.42 Å². The second kappa shape index (κ2) is 5.21. The number of hydrogen-bond donors (Lipinski definition) is 0. The number of hydrogen-bond acceptors (Lipinski definition) is 4. The van der Waals surface area contributed by atoms with Crippen molar-refractivity contribution >= 4 is 9.84 Å². The van der Waals surface area contributed by atoms with Crippen LogP contribution in [0.4, 0.5) is 0 Å². The van der Waals surface area contributed by atoms with Crippen molar-refractivity contribution in [2.45, 2.75) is 57.5 Å². The molecule has 0 aliphatic carbocycles. The second-order valence-corrected chi connectivity index (χ2v) is 6.82. The number of aryl methyl sites for hydroxylation is 1. The highest BCUT2D eigenvalue weighted by atomic mass is 32.2. The highest BCUT2D eigenvalue weighted by molar-refractivity contribution is 7.92. The van der Waals surface area contributed by atoms with E-state index in [2.05, 4.69) is 5.16 Å². The van der Waals surface area contributed by atoms with Crippen molar-refractivity contribution in [2.75, 3.05) is 0 Å². The van der Waals surface area contributed by atoms with E-state index in [0.29, 0.717) is 30.7 Å². The molecule has 1 aromatic heterocycles. The highest BCUT2D eigenvalue weighted by Gasteiger charge is 2.39. The van der Waals surface area contributed by atoms with Crippen LogP contribution in [0.3, 0.4) is 0 Å². The average molecular weight is 259 g/mol. The van der Waals surface area contributed by atoms with Crippen LogP contribution in [0.1, 0.15) is 51.5 Å². The van der Waals surface area contributed by atoms with Gasteiger partial charge in [-0.05, 0) is 26.2 Å². The van der Waals surface area contributed by atoms with Gasteiger partial charge in [-0.3, -0.25) is 0 Å². The molecule has 98 valence electrons. The molecule has 1 rings (SSSR count). The van der Waals surface area contributed by atoms with Gasteiger partial charge >= 0.3 is 0 Å². The minimum atomic E-state index is -3.21. The lowest BCUT2D eigenvalue weighted by molar-refractivity contribution is 0.385. The van der Waals surface area contributed by atoms with Crippen LogP contribution in [0.15, 0.2) is 10.6 Å². The first-order chi connectivity index (χ1) is 7.90. The first-order valence-corrected chi connectivity index (χ1v) is 7.70. The number of rotatable bonds is 6. The van der Waals surface area contributed by atoms with E-state index in [4.69, 9.17) is 4.52 Å². The fraction of sp³-hybridized carbons (Fsp3) is 0.750. The molecule has 0 atom stereocenters. The number of aromatic nitrogens is 1. The average Bonchev–Trinajstić information content (AvgIpc) is 2.66. The van der Waals surface area contributed by atoms with Crippen LogP contribution < -0.4 is 0 Å². The normalized spacial score (nSPS) is 12.9. The molecule has 1 aromatic rings. The van der Waals surface area contributed by atoms with Crippen molar-refractivity contribution in [3.05, 3.63) is 17.5 Å². The standard InChI is InChI=1S/C12H21NO3S/c1-5-12(6-2,7-3)17(14,15)9-11-8-10(4)13-16-11/h8H,5-7,9H2,1-4H3. The van der Waals surface area contributed by atoms with E-state index in [-0.39, 0.29) is 5.75 Å². The molecule has 0 amide bonds. The quantitative estimate of drug-likeness (QED) is 0.788. The van der Waals surface area contributed by atoms with Gasteiger partial charge in [0.25, 0.3) is 0 Å². The molecule has 0 bridgehead atoms. The molecule has 5 heteroatoms. The summed E-state index contributed by atoms with van der Waals surface area (Å²) in [4.78, 5) is 0. The minimum absolute atomic E-state index is 0.0522. The third-order valence-electron chi connectivity index (χ3n) is 3.60. The van der Waals surface area contributed by atoms with E-state index in [9.17, 15) is 8.42 Å². The molecule has 0 N–H and O–H groups in total. The third-order valence-corrected chi connectivity index (χ3v) is 6.45. The summed E-state index contributed by atoms with van der Waals surface area (Å²) in [5, 5.41) is 3.72. The van der Waals surface area contributed by atoms with Crippen molar-refractivity contribution in [2.24, 2.45) is 0 Å². The molecule has 0 aliphatic heterocycles. The molecular formula is C12H21NO3S. The zero-order chi connectivity index (χ0) is 13.1. The topological polar surface area (TPSA) is 60.2 Å². The number of nitrogens with zero attached hydrogens (tertiary/aromatic N) is 1. The zero-order valence-corrected chi connectivity index (χ0v) is 11.8. The van der Waals surface area contributed by atoms with Crippen LogP contribution in [-0.4, -0.2) is 18.3 Å². The molecule has 0 unspecified atom stereocenters. The Labute approximate surface area is 103 Å². The predicted octanol–water partition coefficient (Wildman–Crippen LogP) is 2.87. The predicted molar refractivity (Wildman–Crippen MR) is 67.5 cm³/mol. The summed E-state index contributed by atoms with van der Waals surface area (Å²) in [6, 6.07) is 1.68. The van der Waals surface area contributed by atoms with E-state index in [1.807, 2.05) is 20.8 Å². The van der Waals surface area contributed by atoms with Crippen LogP contribution in [0.5, 0.6) is 0 Å². The van der Waals surface area contributed by atoms with E-state index >= 15 is 0 Å². The summed E-state index contributed by atoms with van der Waals surface area (Å²) in [7, 11) is -3.21. The Hall–Kier alpha value is -0.840. The Morgan fingerprint density at radius 1 is 1.24 bits per heavy atom. The third kappa shape index (κ3) is 2.70. The summed E-state index contributed by atoms with van der Waals surface area (Å²) >= 11 is 0. The van der Waals surface area contributed by atoms with E-state index in [1.54, 1.807) is 13.0 Å². The molecule has 0 fully saturated rings. The molecule has 0 spiro atoms. The Morgan fingerprint density at radius 3 is 2.12 bits per heavy atom. The summed E-state index contributed by atoms with van der Waals surface area (Å²) in [5.41, 5.74) is 0.713. The molecule has 1 heterocycles. The van der Waals surface area contributed by atoms with Crippen molar-refractivity contribution in [1.29, 1.82) is 0 Å². The van der Waals surface area contributed by atoms with E-state index < -0.39 is 14.6 Å². The molecule has 0 saturated heterocycles. The molecule has 0 aromatic carbocycles. The van der Waals surface area contributed by atoms with Gasteiger partial charge in [0.2, 0.25) is 0 Å². The zero-order valence-electron chi connectivity index (χ0n) is 11.0. The van der Waals surface area contributed by atoms with E-state index in [0.717, 1.165) is 0 Å². The first kappa shape index (κ1) is 14.2. The van der Waals surface area contributed by atoms with Crippen LogP contribution in [0.2, 0.25) is 0 Å². The highest BCUT2D eigenvalue weighted by Crippen LogP contribution is 2.32. The first-order valence-electron chi connectivity index (χ1n) is 6.05. The molecular weight excluding hydrogens is 238 g/mol. The summed E-state index contributed by atoms with van der Waals surface area (Å²) < 4.78 is 29.2. The van der Waals surface area contributed by atoms with Crippen molar-refractivity contribution in [3.8, 4) is 0 Å². The van der Waals surface area contributed by atoms with Crippen LogP contribution in [-0.2, 0) is 15.6 Å². The van der Waals surface area contributed by atoms with Gasteiger partial charge < -0.3 is 4.52 Å². The maximum Gasteiger partial charge on any atom is 0.163 e. The lowest BCUT2D eigenvalue weighted by atomic mass is 9.99. The Bertz CT molecular complexity index is 450. The van der Waals surface area contributed by atoms with E-state index in [1.165, 1.54) is 0 Å². The fourth-order valence-corrected chi connectivity index (χ4v) is 4.37. The SMILES string of the molecule is CCC(CC)(CC)S(=O)(=O)Cc1cc(C)no1. The van der Waals surface area contributed by atoms with Gasteiger partial charge in [-0.15, -0.1) is 0 Å². The van der Waals surface area contributed by atoms with Gasteiger partial charge in [0.15, 0.2) is 15.6 Å². The van der Waals surface area contributed by atoms with Gasteiger partial charge in [0.1, 0.15) is 5.75 Å². The Morgan fingerprint density at radius 2 is 1.76 bits per heavy atom. The van der Waals surface area contributed by atoms with Crippen LogP contribution in [0.25, 0.3) is 0 Å². The largest absolute Gasteiger partial charge is 0.360 e. The van der Waals surface area contributed by atoms with Crippen molar-refractivity contribution in [3.63, 3.8) is 0 Å². The maximum atomic E-state index is 12.4. The van der Waals surface area contributed by atoms with Crippen molar-refractivity contribution in [1.82, 2.24) is 5.16 Å². The van der Waals surface area contributed by atoms with Crippen molar-refractivity contribution < 1.29 is 12.9 Å². The summed E-state index contributed by atoms with van der Waals surface area (Å²) in [5.74, 6) is 0.380. The second-order valence-electron chi connectivity index (χ2n) is 4.44. The summed E-state index contributed by atoms with van der Waals surface area (Å²) in [6.45, 7) is 7.56. The van der Waals surface area contributed by atoms with Gasteiger partial charge in [-0.1, -0.05) is 25.9 Å². The maximum absolute atomic E-state index is 12.4. The lowest BCUT2D eigenvalue weighted by Crippen LogP contribution is -2.37. The monoisotopic (exact) mass is 259 g/mol. The molecule has 0 radical (unpaired) electrons. The van der Waals surface area contributed by atoms with Gasteiger partial charge in [0, 0.05) is 6.07 Å². The molecule has 0 aliphatic rings. The Kier molecular flexibility index (Phi) is 4.36. The summed E-state index contributed by atoms with van der Waals surface area (Å²) in [6.07, 6.45) is 1.90. The molecule has 0 saturated carbocycles. The van der Waals surface area contributed by atoms with Gasteiger partial charge in [0.05, 0.1) is 10.4 Å². The smallest absolute Gasteiger partial charge is 0.163 e.